The highest BCUT2D eigenvalue weighted by molar-refractivity contribution is 5.99. The summed E-state index contributed by atoms with van der Waals surface area (Å²) in [6, 6.07) is 14.2. The molecule has 0 atom stereocenters. The second-order valence-electron chi connectivity index (χ2n) is 6.87. The van der Waals surface area contributed by atoms with Gasteiger partial charge in [0.2, 0.25) is 5.91 Å². The van der Waals surface area contributed by atoms with E-state index < -0.39 is 0 Å². The number of hydrogen-bond acceptors (Lipinski definition) is 4. The van der Waals surface area contributed by atoms with Gasteiger partial charge in [0, 0.05) is 56.3 Å². The smallest absolute Gasteiger partial charge is 0.253 e. The van der Waals surface area contributed by atoms with Gasteiger partial charge in [0.15, 0.2) is 0 Å². The molecular weight excluding hydrogens is 370 g/mol. The lowest BCUT2D eigenvalue weighted by Gasteiger charge is -2.34. The Kier molecular flexibility index (Phi) is 6.49. The fourth-order valence-corrected chi connectivity index (χ4v) is 3.33. The van der Waals surface area contributed by atoms with E-state index in [1.165, 1.54) is 6.92 Å². The maximum absolute atomic E-state index is 12.8. The van der Waals surface area contributed by atoms with E-state index in [0.717, 1.165) is 5.56 Å². The zero-order valence-corrected chi connectivity index (χ0v) is 16.7. The van der Waals surface area contributed by atoms with E-state index >= 15 is 0 Å². The molecule has 152 valence electrons. The Bertz CT molecular complexity index is 904. The summed E-state index contributed by atoms with van der Waals surface area (Å²) in [5.74, 6) is 0.340. The van der Waals surface area contributed by atoms with Crippen molar-refractivity contribution in [2.45, 2.75) is 13.5 Å². The molecule has 29 heavy (non-hydrogen) atoms. The average Bonchev–Trinajstić information content (AvgIpc) is 2.77. The van der Waals surface area contributed by atoms with Crippen LogP contribution in [0.4, 0.5) is 0 Å². The Morgan fingerprint density at radius 1 is 0.931 bits per heavy atom. The molecule has 1 heterocycles. The SMILES string of the molecule is COc1ccccc1CNC(=O)c1cccc(C(=O)N2CCN(C(C)=O)CC2)c1. The summed E-state index contributed by atoms with van der Waals surface area (Å²) in [5, 5.41) is 2.87. The summed E-state index contributed by atoms with van der Waals surface area (Å²) in [5.41, 5.74) is 1.76. The predicted molar refractivity (Wildman–Crippen MR) is 109 cm³/mol. The van der Waals surface area contributed by atoms with Gasteiger partial charge < -0.3 is 19.9 Å². The number of amides is 3. The molecule has 1 saturated heterocycles. The van der Waals surface area contributed by atoms with Crippen LogP contribution in [-0.4, -0.2) is 60.8 Å². The first-order chi connectivity index (χ1) is 14.0. The zero-order valence-electron chi connectivity index (χ0n) is 16.7. The van der Waals surface area contributed by atoms with Crippen molar-refractivity contribution < 1.29 is 19.1 Å². The van der Waals surface area contributed by atoms with Crippen molar-refractivity contribution >= 4 is 17.7 Å². The lowest BCUT2D eigenvalue weighted by molar-refractivity contribution is -0.130. The molecule has 2 aromatic rings. The van der Waals surface area contributed by atoms with Crippen molar-refractivity contribution in [2.75, 3.05) is 33.3 Å². The Hall–Kier alpha value is -3.35. The third-order valence-corrected chi connectivity index (χ3v) is 5.02. The molecule has 0 saturated carbocycles. The summed E-state index contributed by atoms with van der Waals surface area (Å²) in [4.78, 5) is 40.2. The first kappa shape index (κ1) is 20.4. The Morgan fingerprint density at radius 2 is 1.59 bits per heavy atom. The topological polar surface area (TPSA) is 79.0 Å². The normalized spacial score (nSPS) is 13.7. The molecule has 3 rings (SSSR count). The van der Waals surface area contributed by atoms with E-state index in [1.54, 1.807) is 41.2 Å². The molecule has 1 aliphatic rings. The zero-order chi connectivity index (χ0) is 20.8. The molecule has 1 aliphatic heterocycles. The molecule has 7 heteroatoms. The Morgan fingerprint density at radius 3 is 2.28 bits per heavy atom. The number of ether oxygens (including phenoxy) is 1. The van der Waals surface area contributed by atoms with Gasteiger partial charge in [0.1, 0.15) is 5.75 Å². The van der Waals surface area contributed by atoms with Gasteiger partial charge in [-0.3, -0.25) is 14.4 Å². The molecule has 0 spiro atoms. The average molecular weight is 395 g/mol. The van der Waals surface area contributed by atoms with Crippen LogP contribution in [0, 0.1) is 0 Å². The number of nitrogens with one attached hydrogen (secondary N) is 1. The number of rotatable bonds is 5. The first-order valence-electron chi connectivity index (χ1n) is 9.54. The number of hydrogen-bond donors (Lipinski definition) is 1. The van der Waals surface area contributed by atoms with E-state index in [1.807, 2.05) is 24.3 Å². The van der Waals surface area contributed by atoms with Crippen LogP contribution >= 0.6 is 0 Å². The summed E-state index contributed by atoms with van der Waals surface area (Å²) < 4.78 is 5.30. The van der Waals surface area contributed by atoms with E-state index in [-0.39, 0.29) is 17.7 Å². The molecule has 7 nitrogen and oxygen atoms in total. The Labute approximate surface area is 170 Å². The molecule has 0 radical (unpaired) electrons. The van der Waals surface area contributed by atoms with Crippen molar-refractivity contribution in [1.82, 2.24) is 15.1 Å². The molecule has 0 bridgehead atoms. The fourth-order valence-electron chi connectivity index (χ4n) is 3.33. The monoisotopic (exact) mass is 395 g/mol. The molecule has 3 amide bonds. The van der Waals surface area contributed by atoms with Gasteiger partial charge in [0.25, 0.3) is 11.8 Å². The molecule has 0 aromatic heterocycles. The maximum Gasteiger partial charge on any atom is 0.253 e. The summed E-state index contributed by atoms with van der Waals surface area (Å²) in [7, 11) is 1.59. The van der Waals surface area contributed by atoms with Gasteiger partial charge in [-0.2, -0.15) is 0 Å². The molecular formula is C22H25N3O4. The van der Waals surface area contributed by atoms with E-state index in [4.69, 9.17) is 4.74 Å². The first-order valence-corrected chi connectivity index (χ1v) is 9.54. The number of benzene rings is 2. The van der Waals surface area contributed by atoms with E-state index in [0.29, 0.717) is 49.6 Å². The second-order valence-corrected chi connectivity index (χ2v) is 6.87. The second kappa shape index (κ2) is 9.23. The van der Waals surface area contributed by atoms with Crippen LogP contribution in [0.3, 0.4) is 0 Å². The highest BCUT2D eigenvalue weighted by atomic mass is 16.5. The third kappa shape index (κ3) is 4.93. The van der Waals surface area contributed by atoms with Crippen molar-refractivity contribution in [2.24, 2.45) is 0 Å². The van der Waals surface area contributed by atoms with Gasteiger partial charge in [0.05, 0.1) is 7.11 Å². The van der Waals surface area contributed by atoms with Gasteiger partial charge in [-0.15, -0.1) is 0 Å². The lowest BCUT2D eigenvalue weighted by Crippen LogP contribution is -2.50. The number of piperazine rings is 1. The van der Waals surface area contributed by atoms with Crippen LogP contribution in [0.1, 0.15) is 33.2 Å². The molecule has 1 N–H and O–H groups in total. The van der Waals surface area contributed by atoms with Crippen LogP contribution in [0.25, 0.3) is 0 Å². The standard InChI is InChI=1S/C22H25N3O4/c1-16(26)24-10-12-25(13-11-24)22(28)18-8-5-7-17(14-18)21(27)23-15-19-6-3-4-9-20(19)29-2/h3-9,14H,10-13,15H2,1-2H3,(H,23,27). The molecule has 1 fully saturated rings. The van der Waals surface area contributed by atoms with Crippen LogP contribution in [-0.2, 0) is 11.3 Å². The van der Waals surface area contributed by atoms with Crippen LogP contribution in [0.15, 0.2) is 48.5 Å². The van der Waals surface area contributed by atoms with Crippen LogP contribution in [0.2, 0.25) is 0 Å². The highest BCUT2D eigenvalue weighted by Gasteiger charge is 2.23. The van der Waals surface area contributed by atoms with E-state index in [2.05, 4.69) is 5.32 Å². The predicted octanol–water partition coefficient (Wildman–Crippen LogP) is 1.93. The number of carbonyl (C=O) groups is 3. The minimum Gasteiger partial charge on any atom is -0.496 e. The van der Waals surface area contributed by atoms with Gasteiger partial charge in [-0.1, -0.05) is 24.3 Å². The number of para-hydroxylation sites is 1. The fraction of sp³-hybridized carbons (Fsp3) is 0.318. The van der Waals surface area contributed by atoms with Crippen LogP contribution in [0.5, 0.6) is 5.75 Å². The Balaban J connectivity index is 1.63. The minimum atomic E-state index is -0.257. The maximum atomic E-state index is 12.8. The van der Waals surface area contributed by atoms with Crippen molar-refractivity contribution in [3.63, 3.8) is 0 Å². The van der Waals surface area contributed by atoms with Crippen molar-refractivity contribution in [1.29, 1.82) is 0 Å². The lowest BCUT2D eigenvalue weighted by atomic mass is 10.1. The quantitative estimate of drug-likeness (QED) is 0.839. The van der Waals surface area contributed by atoms with Gasteiger partial charge >= 0.3 is 0 Å². The summed E-state index contributed by atoms with van der Waals surface area (Å²) >= 11 is 0. The number of carbonyl (C=O) groups excluding carboxylic acids is 3. The number of nitrogens with zero attached hydrogens (tertiary/aromatic N) is 2. The van der Waals surface area contributed by atoms with Crippen molar-refractivity contribution in [3.8, 4) is 5.75 Å². The van der Waals surface area contributed by atoms with Crippen LogP contribution < -0.4 is 10.1 Å². The number of methoxy groups -OCH3 is 1. The highest BCUT2D eigenvalue weighted by Crippen LogP contribution is 2.17. The van der Waals surface area contributed by atoms with E-state index in [9.17, 15) is 14.4 Å². The minimum absolute atomic E-state index is 0.0193. The molecule has 0 unspecified atom stereocenters. The van der Waals surface area contributed by atoms with Gasteiger partial charge in [-0.25, -0.2) is 0 Å². The third-order valence-electron chi connectivity index (χ3n) is 5.02. The largest absolute Gasteiger partial charge is 0.496 e. The molecule has 0 aliphatic carbocycles. The summed E-state index contributed by atoms with van der Waals surface area (Å²) in [6.45, 7) is 3.89. The van der Waals surface area contributed by atoms with Crippen molar-refractivity contribution in [3.05, 3.63) is 65.2 Å². The molecule has 2 aromatic carbocycles. The summed E-state index contributed by atoms with van der Waals surface area (Å²) in [6.07, 6.45) is 0. The van der Waals surface area contributed by atoms with Gasteiger partial charge in [-0.05, 0) is 24.3 Å².